The Bertz CT molecular complexity index is 1430. The molecule has 0 fully saturated rings. The van der Waals surface area contributed by atoms with Crippen molar-refractivity contribution in [2.24, 2.45) is 0 Å². The molecule has 2 aromatic carbocycles. The van der Waals surface area contributed by atoms with Crippen LogP contribution in [0.15, 0.2) is 77.7 Å². The zero-order valence-corrected chi connectivity index (χ0v) is 18.6. The van der Waals surface area contributed by atoms with Gasteiger partial charge in [0.2, 0.25) is 6.35 Å². The quantitative estimate of drug-likeness (QED) is 0.414. The number of nitrogens with one attached hydrogen (secondary N) is 1. The largest absolute Gasteiger partial charge is 0.433 e. The third-order valence-corrected chi connectivity index (χ3v) is 5.79. The van der Waals surface area contributed by atoms with Gasteiger partial charge < -0.3 is 5.11 Å². The highest BCUT2D eigenvalue weighted by Gasteiger charge is 2.35. The van der Waals surface area contributed by atoms with E-state index in [2.05, 4.69) is 15.4 Å². The second-order valence-electron chi connectivity index (χ2n) is 7.85. The minimum atomic E-state index is -4.55. The molecule has 0 amide bonds. The van der Waals surface area contributed by atoms with Gasteiger partial charge in [-0.05, 0) is 29.3 Å². The van der Waals surface area contributed by atoms with Crippen molar-refractivity contribution in [3.8, 4) is 22.4 Å². The molecule has 11 heteroatoms. The predicted molar refractivity (Wildman–Crippen MR) is 124 cm³/mol. The SMILES string of the molecule is O=c1nc(-c2ccc(Cl)cc2)c(-c2ccccc2)c2n1C(O)N(Cc1ccc(C(F)(F)F)nc1)N2. The van der Waals surface area contributed by atoms with Gasteiger partial charge in [0.25, 0.3) is 0 Å². The van der Waals surface area contributed by atoms with E-state index in [4.69, 9.17) is 11.6 Å². The molecular weight excluding hydrogens is 483 g/mol. The second-order valence-corrected chi connectivity index (χ2v) is 8.28. The van der Waals surface area contributed by atoms with Gasteiger partial charge in [-0.1, -0.05) is 60.1 Å². The number of benzene rings is 2. The molecule has 35 heavy (non-hydrogen) atoms. The molecule has 0 saturated carbocycles. The van der Waals surface area contributed by atoms with Crippen LogP contribution in [0.1, 0.15) is 17.6 Å². The minimum Gasteiger partial charge on any atom is -0.359 e. The summed E-state index contributed by atoms with van der Waals surface area (Å²) < 4.78 is 39.6. The summed E-state index contributed by atoms with van der Waals surface area (Å²) in [5.41, 5.74) is 4.08. The number of hydrogen-bond donors (Lipinski definition) is 2. The number of aromatic nitrogens is 3. The maximum Gasteiger partial charge on any atom is 0.433 e. The third kappa shape index (κ3) is 4.39. The van der Waals surface area contributed by atoms with Crippen LogP contribution in [0.2, 0.25) is 5.02 Å². The lowest BCUT2D eigenvalue weighted by Crippen LogP contribution is -2.32. The number of rotatable bonds is 4. The lowest BCUT2D eigenvalue weighted by atomic mass is 9.99. The molecule has 1 unspecified atom stereocenters. The predicted octanol–water partition coefficient (Wildman–Crippen LogP) is 4.94. The smallest absolute Gasteiger partial charge is 0.359 e. The van der Waals surface area contributed by atoms with Gasteiger partial charge >= 0.3 is 11.9 Å². The van der Waals surface area contributed by atoms with Crippen LogP contribution in [0.3, 0.4) is 0 Å². The highest BCUT2D eigenvalue weighted by Crippen LogP contribution is 2.40. The number of alkyl halides is 3. The van der Waals surface area contributed by atoms with Gasteiger partial charge in [0.1, 0.15) is 11.5 Å². The molecule has 2 aromatic heterocycles. The number of hydrazine groups is 1. The van der Waals surface area contributed by atoms with E-state index >= 15 is 0 Å². The van der Waals surface area contributed by atoms with E-state index in [-0.39, 0.29) is 6.54 Å². The van der Waals surface area contributed by atoms with Crippen LogP contribution in [0.4, 0.5) is 19.0 Å². The topological polar surface area (TPSA) is 83.3 Å². The summed E-state index contributed by atoms with van der Waals surface area (Å²) in [6.45, 7) is -0.0298. The first kappa shape index (κ1) is 23.0. The molecule has 1 aliphatic rings. The number of aliphatic hydroxyl groups is 1. The minimum absolute atomic E-state index is 0.0298. The van der Waals surface area contributed by atoms with Crippen molar-refractivity contribution in [3.05, 3.63) is 99.7 Å². The fraction of sp³-hybridized carbons (Fsp3) is 0.125. The van der Waals surface area contributed by atoms with Crippen molar-refractivity contribution in [1.82, 2.24) is 19.5 Å². The number of fused-ring (bicyclic) bond motifs is 1. The number of anilines is 1. The lowest BCUT2D eigenvalue weighted by molar-refractivity contribution is -0.141. The Labute approximate surface area is 202 Å². The first-order chi connectivity index (χ1) is 16.7. The molecule has 0 spiro atoms. The van der Waals surface area contributed by atoms with Crippen molar-refractivity contribution in [2.75, 3.05) is 5.43 Å². The molecular formula is C24H17ClF3N5O2. The lowest BCUT2D eigenvalue weighted by Gasteiger charge is -2.19. The zero-order chi connectivity index (χ0) is 24.7. The average molecular weight is 500 g/mol. The van der Waals surface area contributed by atoms with Gasteiger partial charge in [-0.2, -0.15) is 23.2 Å². The molecule has 178 valence electrons. The van der Waals surface area contributed by atoms with E-state index in [1.165, 1.54) is 11.1 Å². The third-order valence-electron chi connectivity index (χ3n) is 5.54. The van der Waals surface area contributed by atoms with Crippen molar-refractivity contribution in [3.63, 3.8) is 0 Å². The first-order valence-electron chi connectivity index (χ1n) is 10.4. The molecule has 4 aromatic rings. The summed E-state index contributed by atoms with van der Waals surface area (Å²) in [5, 5.41) is 12.8. The van der Waals surface area contributed by atoms with E-state index in [0.29, 0.717) is 33.2 Å². The Balaban J connectivity index is 1.57. The first-order valence-corrected chi connectivity index (χ1v) is 10.8. The number of halogens is 4. The van der Waals surface area contributed by atoms with E-state index < -0.39 is 23.9 Å². The molecule has 0 aliphatic carbocycles. The monoisotopic (exact) mass is 499 g/mol. The van der Waals surface area contributed by atoms with Crippen LogP contribution in [-0.4, -0.2) is 24.7 Å². The molecule has 1 atom stereocenters. The van der Waals surface area contributed by atoms with Crippen molar-refractivity contribution in [1.29, 1.82) is 0 Å². The Morgan fingerprint density at radius 2 is 1.71 bits per heavy atom. The van der Waals surface area contributed by atoms with Crippen LogP contribution < -0.4 is 11.1 Å². The fourth-order valence-corrected chi connectivity index (χ4v) is 4.02. The summed E-state index contributed by atoms with van der Waals surface area (Å²) in [6, 6.07) is 18.2. The maximum atomic E-state index is 13.0. The Hall–Kier alpha value is -3.73. The summed E-state index contributed by atoms with van der Waals surface area (Å²) in [7, 11) is 0. The van der Waals surface area contributed by atoms with Gasteiger partial charge in [0.15, 0.2) is 0 Å². The number of pyridine rings is 1. The van der Waals surface area contributed by atoms with Crippen LogP contribution in [-0.2, 0) is 12.7 Å². The zero-order valence-electron chi connectivity index (χ0n) is 17.9. The molecule has 3 heterocycles. The van der Waals surface area contributed by atoms with Gasteiger partial charge in [-0.3, -0.25) is 10.4 Å². The van der Waals surface area contributed by atoms with Crippen LogP contribution in [0.25, 0.3) is 22.4 Å². The molecule has 7 nitrogen and oxygen atoms in total. The Morgan fingerprint density at radius 1 is 1.00 bits per heavy atom. The van der Waals surface area contributed by atoms with Crippen LogP contribution >= 0.6 is 11.6 Å². The maximum absolute atomic E-state index is 13.0. The summed E-state index contributed by atoms with van der Waals surface area (Å²) >= 11 is 6.03. The summed E-state index contributed by atoms with van der Waals surface area (Å²) in [5.74, 6) is 0.300. The Morgan fingerprint density at radius 3 is 2.34 bits per heavy atom. The van der Waals surface area contributed by atoms with E-state index in [1.807, 2.05) is 30.3 Å². The van der Waals surface area contributed by atoms with Crippen molar-refractivity contribution >= 4 is 17.4 Å². The molecule has 5 rings (SSSR count). The van der Waals surface area contributed by atoms with Crippen molar-refractivity contribution < 1.29 is 18.3 Å². The standard InChI is InChI=1S/C24H17ClF3N5O2/c25-17-9-7-16(8-10-17)20-19(15-4-2-1-3-5-15)21-31-32(23(35)33(21)22(34)30-20)13-14-6-11-18(29-12-14)24(26,27)28/h1-12,23,31,35H,13H2. The summed E-state index contributed by atoms with van der Waals surface area (Å²) in [6.07, 6.45) is -4.92. The molecule has 0 saturated heterocycles. The van der Waals surface area contributed by atoms with Crippen LogP contribution in [0.5, 0.6) is 0 Å². The molecule has 0 bridgehead atoms. The number of aliphatic hydroxyl groups excluding tert-OH is 1. The average Bonchev–Trinajstić information content (AvgIpc) is 3.16. The normalized spacial score (nSPS) is 15.6. The van der Waals surface area contributed by atoms with Gasteiger partial charge in [-0.25, -0.2) is 9.36 Å². The van der Waals surface area contributed by atoms with Gasteiger partial charge in [-0.15, -0.1) is 0 Å². The summed E-state index contributed by atoms with van der Waals surface area (Å²) in [4.78, 5) is 20.7. The second kappa shape index (κ2) is 8.81. The molecule has 1 aliphatic heterocycles. The van der Waals surface area contributed by atoms with Crippen LogP contribution in [0, 0.1) is 0 Å². The van der Waals surface area contributed by atoms with E-state index in [0.717, 1.165) is 22.4 Å². The van der Waals surface area contributed by atoms with E-state index in [1.54, 1.807) is 24.3 Å². The Kier molecular flexibility index (Phi) is 5.79. The number of hydrogen-bond acceptors (Lipinski definition) is 6. The highest BCUT2D eigenvalue weighted by molar-refractivity contribution is 6.30. The van der Waals surface area contributed by atoms with Gasteiger partial charge in [0.05, 0.1) is 11.3 Å². The molecule has 0 radical (unpaired) electrons. The van der Waals surface area contributed by atoms with Crippen molar-refractivity contribution in [2.45, 2.75) is 19.1 Å². The highest BCUT2D eigenvalue weighted by atomic mass is 35.5. The molecule has 2 N–H and O–H groups in total. The number of nitrogens with zero attached hydrogens (tertiary/aromatic N) is 4. The van der Waals surface area contributed by atoms with Gasteiger partial charge in [0, 0.05) is 23.3 Å². The van der Waals surface area contributed by atoms with E-state index in [9.17, 15) is 23.1 Å². The fourth-order valence-electron chi connectivity index (χ4n) is 3.89.